The van der Waals surface area contributed by atoms with Gasteiger partial charge in [0.1, 0.15) is 5.41 Å². The number of hydrogen-bond donors (Lipinski definition) is 0. The van der Waals surface area contributed by atoms with Crippen molar-refractivity contribution in [1.82, 2.24) is 4.90 Å². The predicted octanol–water partition coefficient (Wildman–Crippen LogP) is 3.35. The molecule has 3 nitrogen and oxygen atoms in total. The molecule has 0 heterocycles. The summed E-state index contributed by atoms with van der Waals surface area (Å²) in [5.41, 5.74) is 0.0977. The normalized spacial score (nSPS) is 13.5. The molecule has 0 aliphatic carbocycles. The van der Waals surface area contributed by atoms with Crippen LogP contribution in [0.1, 0.15) is 25.8 Å². The van der Waals surface area contributed by atoms with Gasteiger partial charge in [0.05, 0.1) is 6.07 Å². The number of halogens is 1. The quantitative estimate of drug-likeness (QED) is 0.856. The van der Waals surface area contributed by atoms with Crippen molar-refractivity contribution >= 4 is 21.8 Å². The van der Waals surface area contributed by atoms with E-state index in [0.717, 1.165) is 10.0 Å². The summed E-state index contributed by atoms with van der Waals surface area (Å²) in [6.07, 6.45) is 0.517. The number of nitrogens with zero attached hydrogens (tertiary/aromatic N) is 2. The average Bonchev–Trinajstić information content (AvgIpc) is 2.39. The molecule has 0 radical (unpaired) electrons. The monoisotopic (exact) mass is 308 g/mol. The minimum atomic E-state index is -0.935. The number of rotatable bonds is 4. The Labute approximate surface area is 117 Å². The van der Waals surface area contributed by atoms with Gasteiger partial charge in [-0.2, -0.15) is 5.26 Å². The first-order chi connectivity index (χ1) is 8.44. The number of carbonyl (C=O) groups is 1. The maximum Gasteiger partial charge on any atom is 0.242 e. The Morgan fingerprint density at radius 3 is 2.61 bits per heavy atom. The zero-order valence-electron chi connectivity index (χ0n) is 10.9. The molecule has 0 aromatic heterocycles. The Morgan fingerprint density at radius 1 is 1.50 bits per heavy atom. The fourth-order valence-corrected chi connectivity index (χ4v) is 2.06. The second kappa shape index (κ2) is 6.01. The molecular weight excluding hydrogens is 292 g/mol. The first-order valence-corrected chi connectivity index (χ1v) is 6.64. The largest absolute Gasteiger partial charge is 0.340 e. The highest BCUT2D eigenvalue weighted by Crippen LogP contribution is 2.24. The van der Waals surface area contributed by atoms with Crippen molar-refractivity contribution in [3.8, 4) is 6.07 Å². The highest BCUT2D eigenvalue weighted by Gasteiger charge is 2.33. The fraction of sp³-hybridized carbons (Fsp3) is 0.429. The van der Waals surface area contributed by atoms with Crippen molar-refractivity contribution < 1.29 is 4.79 Å². The van der Waals surface area contributed by atoms with E-state index < -0.39 is 5.41 Å². The van der Waals surface area contributed by atoms with E-state index >= 15 is 0 Å². The smallest absolute Gasteiger partial charge is 0.242 e. The minimum Gasteiger partial charge on any atom is -0.340 e. The molecule has 1 atom stereocenters. The van der Waals surface area contributed by atoms with Crippen molar-refractivity contribution in [3.63, 3.8) is 0 Å². The molecule has 0 spiro atoms. The van der Waals surface area contributed by atoms with E-state index in [1.54, 1.807) is 18.9 Å². The van der Waals surface area contributed by atoms with Gasteiger partial charge in [0.15, 0.2) is 0 Å². The molecule has 1 aromatic carbocycles. The minimum absolute atomic E-state index is 0.136. The highest BCUT2D eigenvalue weighted by molar-refractivity contribution is 9.10. The Morgan fingerprint density at radius 2 is 2.11 bits per heavy atom. The summed E-state index contributed by atoms with van der Waals surface area (Å²) < 4.78 is 0.972. The molecule has 1 unspecified atom stereocenters. The fourth-order valence-electron chi connectivity index (χ4n) is 1.65. The van der Waals surface area contributed by atoms with Crippen LogP contribution in [0.4, 0.5) is 0 Å². The zero-order chi connectivity index (χ0) is 13.8. The third kappa shape index (κ3) is 3.11. The molecule has 96 valence electrons. The molecule has 0 fully saturated rings. The van der Waals surface area contributed by atoms with E-state index in [1.165, 1.54) is 0 Å². The van der Waals surface area contributed by atoms with Gasteiger partial charge in [0.25, 0.3) is 0 Å². The average molecular weight is 309 g/mol. The summed E-state index contributed by atoms with van der Waals surface area (Å²) in [6, 6.07) is 9.87. The molecular formula is C14H17BrN2O. The molecule has 1 amide bonds. The topological polar surface area (TPSA) is 44.1 Å². The van der Waals surface area contributed by atoms with Gasteiger partial charge in [-0.3, -0.25) is 4.79 Å². The van der Waals surface area contributed by atoms with Crippen LogP contribution in [0.2, 0.25) is 0 Å². The van der Waals surface area contributed by atoms with Crippen LogP contribution in [-0.2, 0) is 11.3 Å². The van der Waals surface area contributed by atoms with Crippen LogP contribution in [0, 0.1) is 16.7 Å². The van der Waals surface area contributed by atoms with Crippen molar-refractivity contribution in [2.24, 2.45) is 5.41 Å². The van der Waals surface area contributed by atoms with Crippen LogP contribution in [0.5, 0.6) is 0 Å². The molecule has 0 aliphatic rings. The van der Waals surface area contributed by atoms with Gasteiger partial charge in [0, 0.05) is 18.1 Å². The summed E-state index contributed by atoms with van der Waals surface area (Å²) in [5, 5.41) is 9.12. The van der Waals surface area contributed by atoms with Gasteiger partial charge >= 0.3 is 0 Å². The Balaban J connectivity index is 2.85. The van der Waals surface area contributed by atoms with Crippen LogP contribution in [0.15, 0.2) is 28.7 Å². The standard InChI is InChI=1S/C14H17BrN2O/c1-4-14(2,10-16)13(18)17(3)9-11-7-5-6-8-12(11)15/h5-8H,4,9H2,1-3H3. The van der Waals surface area contributed by atoms with Crippen molar-refractivity contribution in [2.75, 3.05) is 7.05 Å². The van der Waals surface area contributed by atoms with E-state index in [9.17, 15) is 4.79 Å². The molecule has 0 saturated carbocycles. The lowest BCUT2D eigenvalue weighted by Gasteiger charge is -2.26. The Kier molecular flexibility index (Phi) is 4.92. The van der Waals surface area contributed by atoms with Gasteiger partial charge in [-0.05, 0) is 25.0 Å². The molecule has 18 heavy (non-hydrogen) atoms. The van der Waals surface area contributed by atoms with E-state index in [-0.39, 0.29) is 5.91 Å². The Hall–Kier alpha value is -1.34. The summed E-state index contributed by atoms with van der Waals surface area (Å²) >= 11 is 3.46. The lowest BCUT2D eigenvalue weighted by atomic mass is 9.88. The summed E-state index contributed by atoms with van der Waals surface area (Å²) in [5.74, 6) is -0.136. The number of hydrogen-bond acceptors (Lipinski definition) is 2. The van der Waals surface area contributed by atoms with Gasteiger partial charge in [0.2, 0.25) is 5.91 Å². The molecule has 0 aliphatic heterocycles. The third-order valence-electron chi connectivity index (χ3n) is 3.14. The SMILES string of the molecule is CCC(C)(C#N)C(=O)N(C)Cc1ccccc1Br. The predicted molar refractivity (Wildman–Crippen MR) is 74.6 cm³/mol. The van der Waals surface area contributed by atoms with Crippen LogP contribution in [-0.4, -0.2) is 17.9 Å². The Bertz CT molecular complexity index is 481. The third-order valence-corrected chi connectivity index (χ3v) is 3.91. The summed E-state index contributed by atoms with van der Waals surface area (Å²) in [7, 11) is 1.73. The molecule has 1 aromatic rings. The van der Waals surface area contributed by atoms with E-state index in [1.807, 2.05) is 31.2 Å². The molecule has 0 N–H and O–H groups in total. The van der Waals surface area contributed by atoms with E-state index in [0.29, 0.717) is 13.0 Å². The number of carbonyl (C=O) groups excluding carboxylic acids is 1. The van der Waals surface area contributed by atoms with Gasteiger partial charge < -0.3 is 4.90 Å². The van der Waals surface area contributed by atoms with Crippen LogP contribution in [0.3, 0.4) is 0 Å². The van der Waals surface area contributed by atoms with Gasteiger partial charge in [-0.1, -0.05) is 41.1 Å². The molecule has 0 bridgehead atoms. The lowest BCUT2D eigenvalue weighted by molar-refractivity contribution is -0.137. The van der Waals surface area contributed by atoms with Crippen molar-refractivity contribution in [1.29, 1.82) is 5.26 Å². The van der Waals surface area contributed by atoms with Crippen molar-refractivity contribution in [3.05, 3.63) is 34.3 Å². The van der Waals surface area contributed by atoms with Gasteiger partial charge in [-0.25, -0.2) is 0 Å². The number of benzene rings is 1. The highest BCUT2D eigenvalue weighted by atomic mass is 79.9. The first-order valence-electron chi connectivity index (χ1n) is 5.85. The first kappa shape index (κ1) is 14.7. The molecule has 1 rings (SSSR count). The van der Waals surface area contributed by atoms with Crippen LogP contribution >= 0.6 is 15.9 Å². The van der Waals surface area contributed by atoms with E-state index in [4.69, 9.17) is 5.26 Å². The van der Waals surface area contributed by atoms with Crippen molar-refractivity contribution in [2.45, 2.75) is 26.8 Å². The van der Waals surface area contributed by atoms with Crippen LogP contribution in [0.25, 0.3) is 0 Å². The van der Waals surface area contributed by atoms with Crippen LogP contribution < -0.4 is 0 Å². The summed E-state index contributed by atoms with van der Waals surface area (Å²) in [4.78, 5) is 13.8. The van der Waals surface area contributed by atoms with Gasteiger partial charge in [-0.15, -0.1) is 0 Å². The molecule has 4 heteroatoms. The maximum atomic E-state index is 12.2. The second-order valence-corrected chi connectivity index (χ2v) is 5.40. The molecule has 0 saturated heterocycles. The lowest BCUT2D eigenvalue weighted by Crippen LogP contribution is -2.38. The maximum absolute atomic E-state index is 12.2. The second-order valence-electron chi connectivity index (χ2n) is 4.55. The van der Waals surface area contributed by atoms with E-state index in [2.05, 4.69) is 22.0 Å². The number of amides is 1. The zero-order valence-corrected chi connectivity index (χ0v) is 12.5. The number of nitriles is 1. The summed E-state index contributed by atoms with van der Waals surface area (Å²) in [6.45, 7) is 4.04.